The molecule has 37 heavy (non-hydrogen) atoms. The number of carbonyl (C=O) groups is 1. The second kappa shape index (κ2) is 12.0. The second-order valence-corrected chi connectivity index (χ2v) is 9.49. The van der Waals surface area contributed by atoms with Gasteiger partial charge in [0.15, 0.2) is 11.0 Å². The molecule has 1 N–H and O–H groups in total. The Morgan fingerprint density at radius 1 is 1.05 bits per heavy atom. The van der Waals surface area contributed by atoms with E-state index in [0.717, 1.165) is 35.7 Å². The van der Waals surface area contributed by atoms with Gasteiger partial charge in [-0.3, -0.25) is 14.3 Å². The average molecular weight is 521 g/mol. The molecule has 0 aliphatic rings. The lowest BCUT2D eigenvalue weighted by Gasteiger charge is -2.09. The van der Waals surface area contributed by atoms with E-state index in [2.05, 4.69) is 22.4 Å². The number of hydrogen-bond donors (Lipinski definition) is 1. The maximum Gasteiger partial charge on any atom is 0.295 e. The second-order valence-electron chi connectivity index (χ2n) is 8.55. The number of amides is 1. The number of nitrogens with zero attached hydrogens (tertiary/aromatic N) is 5. The fourth-order valence-electron chi connectivity index (χ4n) is 3.95. The van der Waals surface area contributed by atoms with Crippen LogP contribution in [0.25, 0.3) is 17.1 Å². The Hall–Kier alpha value is -3.79. The summed E-state index contributed by atoms with van der Waals surface area (Å²) in [5.41, 5.74) is 2.34. The summed E-state index contributed by atoms with van der Waals surface area (Å²) in [7, 11) is 1.79. The molecule has 0 unspecified atom stereocenters. The van der Waals surface area contributed by atoms with Crippen LogP contribution in [0.15, 0.2) is 64.5 Å². The van der Waals surface area contributed by atoms with Crippen LogP contribution < -0.4 is 15.6 Å². The Labute approximate surface area is 220 Å². The molecule has 2 aromatic carbocycles. The number of anilines is 1. The van der Waals surface area contributed by atoms with Crippen molar-refractivity contribution in [1.82, 2.24) is 24.1 Å². The van der Waals surface area contributed by atoms with Crippen molar-refractivity contribution in [1.29, 1.82) is 0 Å². The molecule has 0 radical (unpaired) electrons. The van der Waals surface area contributed by atoms with Crippen LogP contribution in [0, 0.1) is 6.92 Å². The van der Waals surface area contributed by atoms with Gasteiger partial charge < -0.3 is 14.6 Å². The highest BCUT2D eigenvalue weighted by atomic mass is 32.2. The van der Waals surface area contributed by atoms with Gasteiger partial charge in [-0.25, -0.2) is 4.68 Å². The Morgan fingerprint density at radius 3 is 2.46 bits per heavy atom. The zero-order valence-corrected chi connectivity index (χ0v) is 22.4. The van der Waals surface area contributed by atoms with Crippen molar-refractivity contribution >= 4 is 23.4 Å². The van der Waals surface area contributed by atoms with Gasteiger partial charge in [-0.1, -0.05) is 43.3 Å². The number of hydrogen-bond acceptors (Lipinski definition) is 6. The van der Waals surface area contributed by atoms with Crippen molar-refractivity contribution in [3.8, 4) is 22.8 Å². The lowest BCUT2D eigenvalue weighted by molar-refractivity contribution is -0.113. The molecule has 0 atom stereocenters. The SMILES string of the molecule is CCCCOc1ccc(-c2nnc(SCC(=O)Nc3c(C)n(C)n(-c4ccccc4)c3=O)n2CC)cc1. The van der Waals surface area contributed by atoms with Crippen molar-refractivity contribution in [3.63, 3.8) is 0 Å². The van der Waals surface area contributed by atoms with Gasteiger partial charge in [-0.15, -0.1) is 10.2 Å². The number of benzene rings is 2. The van der Waals surface area contributed by atoms with Gasteiger partial charge >= 0.3 is 0 Å². The van der Waals surface area contributed by atoms with Crippen LogP contribution in [0.2, 0.25) is 0 Å². The average Bonchev–Trinajstić information content (AvgIpc) is 3.42. The van der Waals surface area contributed by atoms with E-state index >= 15 is 0 Å². The summed E-state index contributed by atoms with van der Waals surface area (Å²) >= 11 is 1.29. The molecule has 2 aromatic heterocycles. The van der Waals surface area contributed by atoms with E-state index in [0.29, 0.717) is 24.0 Å². The third kappa shape index (κ3) is 5.80. The molecule has 1 amide bonds. The number of ether oxygens (including phenoxy) is 1. The molecule has 0 aliphatic carbocycles. The zero-order chi connectivity index (χ0) is 26.4. The molecule has 0 bridgehead atoms. The molecule has 0 fully saturated rings. The maximum absolute atomic E-state index is 13.1. The number of unbranched alkanes of at least 4 members (excludes halogenated alkanes) is 1. The van der Waals surface area contributed by atoms with E-state index in [4.69, 9.17) is 4.74 Å². The van der Waals surface area contributed by atoms with Crippen LogP contribution in [-0.2, 0) is 18.4 Å². The Balaban J connectivity index is 1.44. The van der Waals surface area contributed by atoms with Gasteiger partial charge in [-0.05, 0) is 56.7 Å². The number of aromatic nitrogens is 5. The highest BCUT2D eigenvalue weighted by Gasteiger charge is 2.19. The highest BCUT2D eigenvalue weighted by Crippen LogP contribution is 2.26. The lowest BCUT2D eigenvalue weighted by atomic mass is 10.2. The van der Waals surface area contributed by atoms with Crippen molar-refractivity contribution in [2.45, 2.75) is 45.3 Å². The molecular formula is C27H32N6O3S. The van der Waals surface area contributed by atoms with Crippen LogP contribution in [-0.4, -0.2) is 42.4 Å². The third-order valence-corrected chi connectivity index (χ3v) is 7.03. The minimum Gasteiger partial charge on any atom is -0.494 e. The van der Waals surface area contributed by atoms with E-state index in [9.17, 15) is 9.59 Å². The largest absolute Gasteiger partial charge is 0.494 e. The van der Waals surface area contributed by atoms with E-state index in [1.54, 1.807) is 11.7 Å². The number of rotatable bonds is 11. The van der Waals surface area contributed by atoms with E-state index < -0.39 is 0 Å². The minimum atomic E-state index is -0.281. The normalized spacial score (nSPS) is 11.0. The highest BCUT2D eigenvalue weighted by molar-refractivity contribution is 7.99. The smallest absolute Gasteiger partial charge is 0.295 e. The first kappa shape index (κ1) is 26.3. The van der Waals surface area contributed by atoms with Crippen molar-refractivity contribution in [3.05, 3.63) is 70.6 Å². The van der Waals surface area contributed by atoms with Gasteiger partial charge in [0.1, 0.15) is 11.4 Å². The van der Waals surface area contributed by atoms with Crippen LogP contribution in [0.3, 0.4) is 0 Å². The summed E-state index contributed by atoms with van der Waals surface area (Å²) in [6.07, 6.45) is 2.11. The summed E-state index contributed by atoms with van der Waals surface area (Å²) in [6, 6.07) is 17.1. The molecule has 194 valence electrons. The van der Waals surface area contributed by atoms with Crippen LogP contribution in [0.4, 0.5) is 5.69 Å². The number of carbonyl (C=O) groups excluding carboxylic acids is 1. The quantitative estimate of drug-likeness (QED) is 0.228. The lowest BCUT2D eigenvalue weighted by Crippen LogP contribution is -2.23. The Morgan fingerprint density at radius 2 is 1.78 bits per heavy atom. The molecule has 10 heteroatoms. The standard InChI is InChI=1S/C27H32N6O3S/c1-5-7-17-36-22-15-13-20(14-16-22)25-29-30-27(32(25)6-2)37-18-23(34)28-24-19(3)31(4)33(26(24)35)21-11-9-8-10-12-21/h8-16H,5-7,17-18H2,1-4H3,(H,28,34). The molecule has 0 aliphatic heterocycles. The monoisotopic (exact) mass is 520 g/mol. The topological polar surface area (TPSA) is 96.0 Å². The van der Waals surface area contributed by atoms with Crippen LogP contribution in [0.5, 0.6) is 5.75 Å². The summed E-state index contributed by atoms with van der Waals surface area (Å²) < 4.78 is 11.0. The van der Waals surface area contributed by atoms with Crippen molar-refractivity contribution < 1.29 is 9.53 Å². The maximum atomic E-state index is 13.1. The number of nitrogens with one attached hydrogen (secondary N) is 1. The Bertz CT molecular complexity index is 1410. The predicted octanol–water partition coefficient (Wildman–Crippen LogP) is 4.67. The predicted molar refractivity (Wildman–Crippen MR) is 147 cm³/mol. The first-order chi connectivity index (χ1) is 17.9. The van der Waals surface area contributed by atoms with E-state index in [1.165, 1.54) is 16.4 Å². The third-order valence-electron chi connectivity index (χ3n) is 6.06. The first-order valence-corrected chi connectivity index (χ1v) is 13.4. The molecule has 2 heterocycles. The van der Waals surface area contributed by atoms with E-state index in [-0.39, 0.29) is 22.9 Å². The van der Waals surface area contributed by atoms with Gasteiger partial charge in [0, 0.05) is 19.2 Å². The van der Waals surface area contributed by atoms with Gasteiger partial charge in [0.05, 0.1) is 23.7 Å². The van der Waals surface area contributed by atoms with Gasteiger partial charge in [0.2, 0.25) is 5.91 Å². The fraction of sp³-hybridized carbons (Fsp3) is 0.333. The zero-order valence-electron chi connectivity index (χ0n) is 21.6. The summed E-state index contributed by atoms with van der Waals surface area (Å²) in [4.78, 5) is 25.9. The molecule has 9 nitrogen and oxygen atoms in total. The number of para-hydroxylation sites is 1. The van der Waals surface area contributed by atoms with Crippen molar-refractivity contribution in [2.24, 2.45) is 7.05 Å². The fourth-order valence-corrected chi connectivity index (χ4v) is 4.75. The molecule has 0 spiro atoms. The molecule has 0 saturated heterocycles. The van der Waals surface area contributed by atoms with Crippen LogP contribution >= 0.6 is 11.8 Å². The summed E-state index contributed by atoms with van der Waals surface area (Å²) in [5.74, 6) is 1.38. The minimum absolute atomic E-state index is 0.0987. The van der Waals surface area contributed by atoms with E-state index in [1.807, 2.05) is 73.0 Å². The number of thioether (sulfide) groups is 1. The van der Waals surface area contributed by atoms with Crippen LogP contribution in [0.1, 0.15) is 32.4 Å². The summed E-state index contributed by atoms with van der Waals surface area (Å²) in [6.45, 7) is 7.31. The molecule has 4 aromatic rings. The molecule has 0 saturated carbocycles. The van der Waals surface area contributed by atoms with Gasteiger partial charge in [-0.2, -0.15) is 0 Å². The molecule has 4 rings (SSSR count). The summed E-state index contributed by atoms with van der Waals surface area (Å²) in [5, 5.41) is 12.1. The molecular weight excluding hydrogens is 488 g/mol. The Kier molecular flexibility index (Phi) is 8.50. The van der Waals surface area contributed by atoms with Crippen molar-refractivity contribution in [2.75, 3.05) is 17.7 Å². The van der Waals surface area contributed by atoms with Gasteiger partial charge in [0.25, 0.3) is 5.56 Å². The first-order valence-electron chi connectivity index (χ1n) is 12.4.